The number of fused-ring (bicyclic) bond motifs is 1. The maximum absolute atomic E-state index is 12.4. The number of anilines is 1. The first-order chi connectivity index (χ1) is 13.1. The minimum absolute atomic E-state index is 0.142. The van der Waals surface area contributed by atoms with Gasteiger partial charge >= 0.3 is 0 Å². The second kappa shape index (κ2) is 7.12. The smallest absolute Gasteiger partial charge is 0.234 e. The normalized spacial score (nSPS) is 11.0. The fraction of sp³-hybridized carbons (Fsp3) is 0.111. The molecule has 0 fully saturated rings. The molecule has 4 N–H and O–H groups in total. The number of carbonyl (C=O) groups is 1. The van der Waals surface area contributed by atoms with Gasteiger partial charge in [-0.1, -0.05) is 48.2 Å². The van der Waals surface area contributed by atoms with E-state index in [1.807, 2.05) is 55.5 Å². The van der Waals surface area contributed by atoms with Crippen LogP contribution in [-0.4, -0.2) is 36.7 Å². The van der Waals surface area contributed by atoms with E-state index in [9.17, 15) is 4.79 Å². The Morgan fingerprint density at radius 2 is 2.04 bits per heavy atom. The number of amides is 1. The molecule has 0 atom stereocenters. The number of aromatic nitrogens is 5. The summed E-state index contributed by atoms with van der Waals surface area (Å²) in [6, 6.07) is 15.5. The number of H-pyrrole nitrogens is 1. The number of carbonyl (C=O) groups excluding carboxylic acids is 1. The van der Waals surface area contributed by atoms with Crippen LogP contribution in [0, 0.1) is 6.92 Å². The maximum Gasteiger partial charge on any atom is 0.234 e. The zero-order valence-corrected chi connectivity index (χ0v) is 15.3. The number of thioether (sulfide) groups is 1. The van der Waals surface area contributed by atoms with E-state index in [1.165, 1.54) is 16.4 Å². The Bertz CT molecular complexity index is 1110. The molecule has 0 spiro atoms. The molecule has 2 heterocycles. The van der Waals surface area contributed by atoms with Crippen molar-refractivity contribution in [2.45, 2.75) is 12.1 Å². The largest absolute Gasteiger partial charge is 0.335 e. The number of rotatable bonds is 5. The van der Waals surface area contributed by atoms with E-state index in [2.05, 4.69) is 25.7 Å². The average Bonchev–Trinajstić information content (AvgIpc) is 3.26. The van der Waals surface area contributed by atoms with Crippen LogP contribution in [-0.2, 0) is 4.79 Å². The van der Waals surface area contributed by atoms with Crippen LogP contribution in [0.15, 0.2) is 53.7 Å². The van der Waals surface area contributed by atoms with Gasteiger partial charge in [0.2, 0.25) is 16.9 Å². The van der Waals surface area contributed by atoms with Crippen molar-refractivity contribution < 1.29 is 4.79 Å². The number of nitrogens with zero attached hydrogens (tertiary/aromatic N) is 4. The highest BCUT2D eigenvalue weighted by Gasteiger charge is 2.16. The highest BCUT2D eigenvalue weighted by molar-refractivity contribution is 7.99. The van der Waals surface area contributed by atoms with E-state index in [-0.39, 0.29) is 11.7 Å². The van der Waals surface area contributed by atoms with Gasteiger partial charge in [0.25, 0.3) is 0 Å². The molecule has 2 aromatic carbocycles. The Balaban J connectivity index is 1.45. The van der Waals surface area contributed by atoms with Crippen LogP contribution in [0.4, 0.5) is 5.69 Å². The molecule has 0 aliphatic heterocycles. The number of benzene rings is 2. The highest BCUT2D eigenvalue weighted by atomic mass is 32.2. The second-order valence-corrected chi connectivity index (χ2v) is 6.92. The zero-order valence-electron chi connectivity index (χ0n) is 14.5. The number of aromatic amines is 1. The minimum atomic E-state index is -0.142. The third-order valence-electron chi connectivity index (χ3n) is 4.00. The van der Waals surface area contributed by atoms with E-state index < -0.39 is 0 Å². The van der Waals surface area contributed by atoms with Gasteiger partial charge in [-0.2, -0.15) is 5.10 Å². The Morgan fingerprint density at radius 1 is 1.22 bits per heavy atom. The molecule has 4 aromatic rings. The summed E-state index contributed by atoms with van der Waals surface area (Å²) in [6.07, 6.45) is 0. The monoisotopic (exact) mass is 379 g/mol. The first-order valence-electron chi connectivity index (χ1n) is 8.25. The van der Waals surface area contributed by atoms with Crippen molar-refractivity contribution in [1.82, 2.24) is 25.1 Å². The Kier molecular flexibility index (Phi) is 4.51. The summed E-state index contributed by atoms with van der Waals surface area (Å²) in [5.74, 6) is 6.51. The number of nitrogens with one attached hydrogen (secondary N) is 2. The average molecular weight is 379 g/mol. The fourth-order valence-corrected chi connectivity index (χ4v) is 3.39. The molecule has 0 aliphatic rings. The summed E-state index contributed by atoms with van der Waals surface area (Å²) in [5, 5.41) is 20.5. The van der Waals surface area contributed by atoms with Crippen molar-refractivity contribution in [1.29, 1.82) is 0 Å². The van der Waals surface area contributed by atoms with Gasteiger partial charge in [-0.3, -0.25) is 9.89 Å². The van der Waals surface area contributed by atoms with E-state index >= 15 is 0 Å². The van der Waals surface area contributed by atoms with Crippen molar-refractivity contribution in [3.05, 3.63) is 54.2 Å². The summed E-state index contributed by atoms with van der Waals surface area (Å²) < 4.78 is 1.34. The van der Waals surface area contributed by atoms with Gasteiger partial charge in [0, 0.05) is 16.8 Å². The fourth-order valence-electron chi connectivity index (χ4n) is 2.73. The summed E-state index contributed by atoms with van der Waals surface area (Å²) in [6.45, 7) is 1.89. The van der Waals surface area contributed by atoms with Crippen LogP contribution >= 0.6 is 11.8 Å². The van der Waals surface area contributed by atoms with Gasteiger partial charge in [-0.05, 0) is 24.4 Å². The van der Waals surface area contributed by atoms with Crippen LogP contribution in [0.2, 0.25) is 0 Å². The Labute approximate surface area is 159 Å². The summed E-state index contributed by atoms with van der Waals surface area (Å²) >= 11 is 1.22. The predicted molar refractivity (Wildman–Crippen MR) is 106 cm³/mol. The Morgan fingerprint density at radius 3 is 2.85 bits per heavy atom. The van der Waals surface area contributed by atoms with E-state index in [1.54, 1.807) is 0 Å². The number of hydrogen-bond acceptors (Lipinski definition) is 6. The minimum Gasteiger partial charge on any atom is -0.335 e. The first-order valence-corrected chi connectivity index (χ1v) is 9.23. The molecule has 27 heavy (non-hydrogen) atoms. The molecule has 2 aromatic heterocycles. The number of nitrogen functional groups attached to an aromatic ring is 1. The van der Waals surface area contributed by atoms with Crippen molar-refractivity contribution in [2.24, 2.45) is 0 Å². The molecule has 0 unspecified atom stereocenters. The summed E-state index contributed by atoms with van der Waals surface area (Å²) in [7, 11) is 0. The standard InChI is InChI=1S/C18H17N7OS/c1-11-9-15(22-21-11)17-23-24-18(25(17)19)27-10-16(26)20-14-8-4-6-12-5-2-3-7-13(12)14/h2-9H,10,19H2,1H3,(H,20,26)(H,21,22). The van der Waals surface area contributed by atoms with E-state index in [4.69, 9.17) is 5.84 Å². The quantitative estimate of drug-likeness (QED) is 0.363. The molecule has 0 saturated heterocycles. The predicted octanol–water partition coefficient (Wildman–Crippen LogP) is 2.57. The lowest BCUT2D eigenvalue weighted by molar-refractivity contribution is -0.113. The molecule has 136 valence electrons. The topological polar surface area (TPSA) is 115 Å². The van der Waals surface area contributed by atoms with E-state index in [0.29, 0.717) is 16.7 Å². The summed E-state index contributed by atoms with van der Waals surface area (Å²) in [4.78, 5) is 12.4. The van der Waals surface area contributed by atoms with Crippen LogP contribution in [0.5, 0.6) is 0 Å². The molecule has 1 amide bonds. The van der Waals surface area contributed by atoms with Gasteiger partial charge < -0.3 is 11.2 Å². The van der Waals surface area contributed by atoms with Crippen LogP contribution in [0.3, 0.4) is 0 Å². The van der Waals surface area contributed by atoms with Crippen LogP contribution in [0.1, 0.15) is 5.69 Å². The number of aryl methyl sites for hydroxylation is 1. The lowest BCUT2D eigenvalue weighted by Crippen LogP contribution is -2.16. The van der Waals surface area contributed by atoms with Gasteiger partial charge in [0.05, 0.1) is 5.75 Å². The molecule has 8 nitrogen and oxygen atoms in total. The van der Waals surface area contributed by atoms with Crippen molar-refractivity contribution in [3.63, 3.8) is 0 Å². The molecular formula is C18H17N7OS. The lowest BCUT2D eigenvalue weighted by atomic mass is 10.1. The maximum atomic E-state index is 12.4. The third-order valence-corrected chi connectivity index (χ3v) is 4.94. The number of nitrogens with two attached hydrogens (primary N) is 1. The molecule has 0 radical (unpaired) electrons. The van der Waals surface area contributed by atoms with Gasteiger partial charge in [0.1, 0.15) is 5.69 Å². The molecule has 0 saturated carbocycles. The van der Waals surface area contributed by atoms with Crippen LogP contribution in [0.25, 0.3) is 22.3 Å². The SMILES string of the molecule is Cc1cc(-c2nnc(SCC(=O)Nc3cccc4ccccc34)n2N)n[nH]1. The highest BCUT2D eigenvalue weighted by Crippen LogP contribution is 2.24. The van der Waals surface area contributed by atoms with Gasteiger partial charge in [-0.15, -0.1) is 10.2 Å². The Hall–Kier alpha value is -3.33. The second-order valence-electron chi connectivity index (χ2n) is 5.98. The third kappa shape index (κ3) is 3.49. The first kappa shape index (κ1) is 17.1. The molecule has 0 bridgehead atoms. The summed E-state index contributed by atoms with van der Waals surface area (Å²) in [5.41, 5.74) is 2.28. The van der Waals surface area contributed by atoms with Crippen LogP contribution < -0.4 is 11.2 Å². The lowest BCUT2D eigenvalue weighted by Gasteiger charge is -2.08. The van der Waals surface area contributed by atoms with Gasteiger partial charge in [0.15, 0.2) is 0 Å². The molecule has 9 heteroatoms. The number of hydrogen-bond donors (Lipinski definition) is 3. The van der Waals surface area contributed by atoms with Crippen molar-refractivity contribution in [2.75, 3.05) is 16.9 Å². The van der Waals surface area contributed by atoms with Crippen molar-refractivity contribution >= 4 is 34.1 Å². The zero-order chi connectivity index (χ0) is 18.8. The van der Waals surface area contributed by atoms with E-state index in [0.717, 1.165) is 22.2 Å². The molecular weight excluding hydrogens is 362 g/mol. The molecule has 4 rings (SSSR count). The van der Waals surface area contributed by atoms with Crippen molar-refractivity contribution in [3.8, 4) is 11.5 Å². The van der Waals surface area contributed by atoms with Gasteiger partial charge in [-0.25, -0.2) is 4.68 Å². The molecule has 0 aliphatic carbocycles.